The van der Waals surface area contributed by atoms with Gasteiger partial charge in [0.15, 0.2) is 11.9 Å². The summed E-state index contributed by atoms with van der Waals surface area (Å²) in [5, 5.41) is 16.2. The third-order valence-corrected chi connectivity index (χ3v) is 3.03. The molecule has 0 aliphatic heterocycles. The Balaban J connectivity index is 4.66. The van der Waals surface area contributed by atoms with Crippen molar-refractivity contribution in [3.63, 3.8) is 0 Å². The van der Waals surface area contributed by atoms with Gasteiger partial charge in [0.1, 0.15) is 19.1 Å². The second-order valence-electron chi connectivity index (χ2n) is 5.71. The predicted molar refractivity (Wildman–Crippen MR) is 95.7 cm³/mol. The van der Waals surface area contributed by atoms with E-state index < -0.39 is 67.3 Å². The first kappa shape index (κ1) is 25.9. The Morgan fingerprint density at radius 2 is 1.23 bits per heavy atom. The number of amides is 1. The van der Waals surface area contributed by atoms with Gasteiger partial charge in [0.25, 0.3) is 0 Å². The van der Waals surface area contributed by atoms with Gasteiger partial charge in [-0.15, -0.1) is 0 Å². The Kier molecular flexibility index (Phi) is 10.7. The lowest BCUT2D eigenvalue weighted by Crippen LogP contribution is -2.43. The molecule has 0 rings (SSSR count). The lowest BCUT2D eigenvalue weighted by atomic mass is 10.2. The molecule has 0 saturated carbocycles. The van der Waals surface area contributed by atoms with Gasteiger partial charge in [0.05, 0.1) is 6.42 Å². The van der Waals surface area contributed by atoms with E-state index in [4.69, 9.17) is 22.3 Å². The van der Waals surface area contributed by atoms with Crippen molar-refractivity contribution in [3.8, 4) is 0 Å². The van der Waals surface area contributed by atoms with Crippen molar-refractivity contribution in [3.05, 3.63) is 0 Å². The Hall–Kier alpha value is -4.11. The van der Waals surface area contributed by atoms with Crippen LogP contribution in [0, 0.1) is 10.8 Å². The van der Waals surface area contributed by atoms with Gasteiger partial charge >= 0.3 is 23.9 Å². The summed E-state index contributed by atoms with van der Waals surface area (Å²) in [5.41, 5.74) is 10.3. The molecule has 0 aliphatic rings. The van der Waals surface area contributed by atoms with Gasteiger partial charge in [-0.3, -0.25) is 15.6 Å². The summed E-state index contributed by atoms with van der Waals surface area (Å²) in [6, 6.07) is -1.63. The van der Waals surface area contributed by atoms with Gasteiger partial charge in [-0.1, -0.05) is 0 Å². The molecule has 0 saturated heterocycles. The summed E-state index contributed by atoms with van der Waals surface area (Å²) < 4.78 is 0. The molecule has 0 bridgehead atoms. The highest BCUT2D eigenvalue weighted by atomic mass is 17.2. The smallest absolute Gasteiger partial charge is 0.370 e. The van der Waals surface area contributed by atoms with Gasteiger partial charge in [0.2, 0.25) is 5.91 Å². The van der Waals surface area contributed by atoms with Crippen molar-refractivity contribution in [2.24, 2.45) is 11.5 Å². The molecule has 30 heavy (non-hydrogen) atoms. The average Bonchev–Trinajstić information content (AvgIpc) is 2.63. The van der Waals surface area contributed by atoms with Gasteiger partial charge in [0, 0.05) is 21.0 Å². The van der Waals surface area contributed by atoms with Gasteiger partial charge < -0.3 is 26.6 Å². The maximum atomic E-state index is 11.9. The number of likely N-dealkylation sites (N-methyl/N-ethyl adjacent to an activating group) is 2. The average molecular weight is 433 g/mol. The number of hydrogen-bond acceptors (Lipinski definition) is 11. The van der Waals surface area contributed by atoms with E-state index in [0.717, 1.165) is 16.7 Å². The fourth-order valence-electron chi connectivity index (χ4n) is 1.49. The number of carbonyl (C=O) groups excluding carboxylic acids is 5. The van der Waals surface area contributed by atoms with Crippen LogP contribution in [0.2, 0.25) is 0 Å². The van der Waals surface area contributed by atoms with Gasteiger partial charge in [-0.25, -0.2) is 38.7 Å². The van der Waals surface area contributed by atoms with Crippen molar-refractivity contribution in [2.75, 3.05) is 27.2 Å². The third-order valence-electron chi connectivity index (χ3n) is 3.03. The van der Waals surface area contributed by atoms with Crippen LogP contribution in [0.15, 0.2) is 0 Å². The molecular formula is C14H23N7O9. The molecule has 168 valence electrons. The molecule has 0 radical (unpaired) electrons. The fourth-order valence-corrected chi connectivity index (χ4v) is 1.49. The Morgan fingerprint density at radius 3 is 1.63 bits per heavy atom. The molecule has 16 heteroatoms. The molecule has 0 aromatic carbocycles. The van der Waals surface area contributed by atoms with E-state index in [1.165, 1.54) is 14.1 Å². The molecular weight excluding hydrogens is 410 g/mol. The minimum atomic E-state index is -1.63. The molecule has 0 heterocycles. The number of nitrogens with two attached hydrogens (primary N) is 2. The molecule has 0 fully saturated rings. The molecule has 0 aliphatic carbocycles. The summed E-state index contributed by atoms with van der Waals surface area (Å²) in [7, 11) is 2.61. The van der Waals surface area contributed by atoms with E-state index >= 15 is 0 Å². The molecule has 0 aromatic rings. The number of carbonyl (C=O) groups is 5. The first-order chi connectivity index (χ1) is 13.8. The first-order valence-corrected chi connectivity index (χ1v) is 8.02. The van der Waals surface area contributed by atoms with Crippen molar-refractivity contribution in [1.29, 1.82) is 10.8 Å². The zero-order valence-electron chi connectivity index (χ0n) is 16.4. The topological polar surface area (TPSA) is 241 Å². The number of nitrogens with one attached hydrogen (secondary N) is 3. The minimum absolute atomic E-state index is 0.434. The zero-order chi connectivity index (χ0) is 23.4. The fraction of sp³-hybridized carbons (Fsp3) is 0.500. The second-order valence-corrected chi connectivity index (χ2v) is 5.71. The highest BCUT2D eigenvalue weighted by Gasteiger charge is 2.28. The van der Waals surface area contributed by atoms with E-state index in [9.17, 15) is 24.0 Å². The molecule has 7 N–H and O–H groups in total. The van der Waals surface area contributed by atoms with Crippen molar-refractivity contribution in [2.45, 2.75) is 19.4 Å². The Morgan fingerprint density at radius 1 is 0.833 bits per heavy atom. The monoisotopic (exact) mass is 433 g/mol. The van der Waals surface area contributed by atoms with Crippen molar-refractivity contribution >= 4 is 41.7 Å². The molecule has 1 atom stereocenters. The highest BCUT2D eigenvalue weighted by molar-refractivity contribution is 5.88. The van der Waals surface area contributed by atoms with Crippen molar-refractivity contribution in [1.82, 2.24) is 15.1 Å². The van der Waals surface area contributed by atoms with E-state index in [0.29, 0.717) is 0 Å². The van der Waals surface area contributed by atoms with Crippen LogP contribution in [0.5, 0.6) is 0 Å². The predicted octanol–water partition coefficient (Wildman–Crippen LogP) is -3.47. The molecule has 1 amide bonds. The van der Waals surface area contributed by atoms with Crippen LogP contribution in [0.4, 0.5) is 0 Å². The van der Waals surface area contributed by atoms with Gasteiger partial charge in [-0.2, -0.15) is 0 Å². The van der Waals surface area contributed by atoms with E-state index in [2.05, 4.69) is 24.9 Å². The molecule has 0 aromatic heterocycles. The maximum Gasteiger partial charge on any atom is 0.378 e. The summed E-state index contributed by atoms with van der Waals surface area (Å²) in [6.45, 7) is 0.0294. The molecule has 0 spiro atoms. The van der Waals surface area contributed by atoms with E-state index in [1.807, 2.05) is 0 Å². The number of hydrogen-bond donors (Lipinski definition) is 5. The van der Waals surface area contributed by atoms with Gasteiger partial charge in [-0.05, 0) is 0 Å². The number of nitrogens with zero attached hydrogens (tertiary/aromatic N) is 2. The second kappa shape index (κ2) is 12.4. The first-order valence-electron chi connectivity index (χ1n) is 8.02. The quantitative estimate of drug-likeness (QED) is 0.108. The Labute approximate surface area is 170 Å². The summed E-state index contributed by atoms with van der Waals surface area (Å²) in [5.74, 6) is -6.34. The maximum absolute atomic E-state index is 11.9. The molecule has 1 unspecified atom stereocenters. The van der Waals surface area contributed by atoms with Crippen LogP contribution in [0.25, 0.3) is 0 Å². The summed E-state index contributed by atoms with van der Waals surface area (Å²) in [4.78, 5) is 76.7. The standard InChI is InChI=1S/C14H23N7O9/c1-7(22)19-8(12(26)30-29-11(25)6-21(3)14(17)18)4-9(23)27-28-10(24)5-20(2)13(15)16/h8H,4-6H2,1-3H3,(H3,15,16)(H3,17,18)(H,19,22). The third kappa shape index (κ3) is 10.9. The summed E-state index contributed by atoms with van der Waals surface area (Å²) in [6.07, 6.45) is -0.834. The van der Waals surface area contributed by atoms with Crippen molar-refractivity contribution < 1.29 is 43.5 Å². The lowest BCUT2D eigenvalue weighted by Gasteiger charge is -2.16. The van der Waals surface area contributed by atoms with Crippen LogP contribution < -0.4 is 16.8 Å². The summed E-state index contributed by atoms with van der Waals surface area (Å²) >= 11 is 0. The molecule has 16 nitrogen and oxygen atoms in total. The SMILES string of the molecule is CC(=O)NC(CC(=O)OOC(=O)CN(C)C(=N)N)C(=O)OOC(=O)CN(C)C(=N)N. The van der Waals surface area contributed by atoms with Crippen LogP contribution >= 0.6 is 0 Å². The normalized spacial score (nSPS) is 10.6. The van der Waals surface area contributed by atoms with Crippen LogP contribution in [-0.2, 0) is 43.5 Å². The van der Waals surface area contributed by atoms with Crippen LogP contribution in [-0.4, -0.2) is 84.7 Å². The Bertz CT molecular complexity index is 712. The van der Waals surface area contributed by atoms with Crippen LogP contribution in [0.1, 0.15) is 13.3 Å². The van der Waals surface area contributed by atoms with Crippen LogP contribution in [0.3, 0.4) is 0 Å². The van der Waals surface area contributed by atoms with E-state index in [-0.39, 0.29) is 0 Å². The number of rotatable bonds is 8. The largest absolute Gasteiger partial charge is 0.378 e. The minimum Gasteiger partial charge on any atom is -0.370 e. The highest BCUT2D eigenvalue weighted by Crippen LogP contribution is 2.01. The number of guanidine groups is 2. The zero-order valence-corrected chi connectivity index (χ0v) is 16.4. The lowest BCUT2D eigenvalue weighted by molar-refractivity contribution is -0.264. The van der Waals surface area contributed by atoms with E-state index in [1.54, 1.807) is 0 Å².